The summed E-state index contributed by atoms with van der Waals surface area (Å²) in [5, 5.41) is 2.97. The molecule has 1 heterocycles. The first-order valence-electron chi connectivity index (χ1n) is 8.99. The van der Waals surface area contributed by atoms with Crippen molar-refractivity contribution < 1.29 is 9.59 Å². The summed E-state index contributed by atoms with van der Waals surface area (Å²) in [5.41, 5.74) is 3.12. The lowest BCUT2D eigenvalue weighted by Crippen LogP contribution is -2.49. The zero-order chi connectivity index (χ0) is 17.5. The third kappa shape index (κ3) is 4.57. The van der Waals surface area contributed by atoms with Gasteiger partial charge in [0.1, 0.15) is 6.42 Å². The monoisotopic (exact) mass is 331 g/mol. The number of nitrogens with one attached hydrogen (secondary N) is 1. The molecule has 0 spiro atoms. The maximum Gasteiger partial charge on any atom is 0.233 e. The van der Waals surface area contributed by atoms with E-state index in [1.165, 1.54) is 0 Å². The number of piperazine rings is 1. The second-order valence-corrected chi connectivity index (χ2v) is 6.20. The van der Waals surface area contributed by atoms with Crippen LogP contribution in [0.2, 0.25) is 0 Å². The van der Waals surface area contributed by atoms with E-state index in [-0.39, 0.29) is 18.2 Å². The molecule has 1 aliphatic rings. The van der Waals surface area contributed by atoms with Crippen molar-refractivity contribution in [1.82, 2.24) is 9.80 Å². The normalized spacial score (nSPS) is 15.4. The van der Waals surface area contributed by atoms with Crippen LogP contribution in [0.4, 0.5) is 5.69 Å². The van der Waals surface area contributed by atoms with Gasteiger partial charge in [0.25, 0.3) is 0 Å². The largest absolute Gasteiger partial charge is 0.340 e. The summed E-state index contributed by atoms with van der Waals surface area (Å²) in [6, 6.07) is 6.08. The first kappa shape index (κ1) is 18.5. The van der Waals surface area contributed by atoms with E-state index in [4.69, 9.17) is 0 Å². The Morgan fingerprint density at radius 1 is 1.00 bits per heavy atom. The number of aryl methyl sites for hydroxylation is 2. The highest BCUT2D eigenvalue weighted by molar-refractivity contribution is 6.04. The number of benzene rings is 1. The Hall–Kier alpha value is -1.88. The summed E-state index contributed by atoms with van der Waals surface area (Å²) in [7, 11) is 0. The van der Waals surface area contributed by atoms with Crippen molar-refractivity contribution in [2.24, 2.45) is 0 Å². The minimum atomic E-state index is -0.214. The zero-order valence-corrected chi connectivity index (χ0v) is 15.1. The highest BCUT2D eigenvalue weighted by Gasteiger charge is 2.22. The predicted molar refractivity (Wildman–Crippen MR) is 97.1 cm³/mol. The highest BCUT2D eigenvalue weighted by Crippen LogP contribution is 2.22. The number of carbonyl (C=O) groups excluding carboxylic acids is 2. The number of hydrogen-bond acceptors (Lipinski definition) is 3. The van der Waals surface area contributed by atoms with Crippen molar-refractivity contribution in [2.75, 3.05) is 38.0 Å². The molecule has 0 saturated carbocycles. The molecule has 1 saturated heterocycles. The zero-order valence-electron chi connectivity index (χ0n) is 15.1. The van der Waals surface area contributed by atoms with Crippen LogP contribution in [-0.2, 0) is 22.4 Å². The molecule has 0 aliphatic carbocycles. The molecule has 0 aromatic heterocycles. The smallest absolute Gasteiger partial charge is 0.233 e. The SMILES string of the molecule is CCc1cccc(CC)c1NC(=O)CC(=O)N1CCN(CC)CC1. The fourth-order valence-electron chi connectivity index (χ4n) is 3.15. The fraction of sp³-hybridized carbons (Fsp3) is 0.579. The molecule has 0 radical (unpaired) electrons. The number of nitrogens with zero attached hydrogens (tertiary/aromatic N) is 2. The van der Waals surface area contributed by atoms with E-state index in [1.807, 2.05) is 18.2 Å². The van der Waals surface area contributed by atoms with Gasteiger partial charge in [0, 0.05) is 31.9 Å². The van der Waals surface area contributed by atoms with Crippen LogP contribution in [0.1, 0.15) is 38.3 Å². The summed E-state index contributed by atoms with van der Waals surface area (Å²) in [6.45, 7) is 10.5. The predicted octanol–water partition coefficient (Wildman–Crippen LogP) is 2.30. The van der Waals surface area contributed by atoms with Gasteiger partial charge in [0.15, 0.2) is 0 Å². The van der Waals surface area contributed by atoms with Gasteiger partial charge in [-0.05, 0) is 30.5 Å². The molecule has 1 aromatic rings. The number of amides is 2. The van der Waals surface area contributed by atoms with Crippen LogP contribution >= 0.6 is 0 Å². The van der Waals surface area contributed by atoms with Crippen molar-refractivity contribution in [3.05, 3.63) is 29.3 Å². The Morgan fingerprint density at radius 2 is 1.58 bits per heavy atom. The maximum atomic E-state index is 12.4. The first-order valence-corrected chi connectivity index (χ1v) is 8.99. The quantitative estimate of drug-likeness (QED) is 0.814. The van der Waals surface area contributed by atoms with Crippen molar-refractivity contribution in [3.8, 4) is 0 Å². The molecule has 24 heavy (non-hydrogen) atoms. The molecule has 2 rings (SSSR count). The van der Waals surface area contributed by atoms with Gasteiger partial charge in [-0.2, -0.15) is 0 Å². The molecular weight excluding hydrogens is 302 g/mol. The number of para-hydroxylation sites is 1. The van der Waals surface area contributed by atoms with E-state index in [0.717, 1.165) is 49.3 Å². The Labute approximate surface area is 145 Å². The summed E-state index contributed by atoms with van der Waals surface area (Å²) in [5.74, 6) is -0.288. The average Bonchev–Trinajstić information content (AvgIpc) is 2.61. The maximum absolute atomic E-state index is 12.4. The van der Waals surface area contributed by atoms with Gasteiger partial charge in [0.05, 0.1) is 0 Å². The standard InChI is InChI=1S/C19H29N3O2/c1-4-15-8-7-9-16(5-2)19(15)20-17(23)14-18(24)22-12-10-21(6-3)11-13-22/h7-9H,4-6,10-14H2,1-3H3,(H,20,23). The summed E-state index contributed by atoms with van der Waals surface area (Å²) >= 11 is 0. The van der Waals surface area contributed by atoms with Crippen molar-refractivity contribution >= 4 is 17.5 Å². The lowest BCUT2D eigenvalue weighted by Gasteiger charge is -2.34. The lowest BCUT2D eigenvalue weighted by atomic mass is 10.0. The number of carbonyl (C=O) groups is 2. The second-order valence-electron chi connectivity index (χ2n) is 6.20. The van der Waals surface area contributed by atoms with Crippen LogP contribution in [0.5, 0.6) is 0 Å². The minimum Gasteiger partial charge on any atom is -0.340 e. The molecule has 1 aliphatic heterocycles. The topological polar surface area (TPSA) is 52.7 Å². The molecule has 1 aromatic carbocycles. The summed E-state index contributed by atoms with van der Waals surface area (Å²) in [4.78, 5) is 28.8. The minimum absolute atomic E-state index is 0.0738. The molecule has 132 valence electrons. The molecule has 2 amide bonds. The Bertz CT molecular complexity index is 556. The Balaban J connectivity index is 1.95. The van der Waals surface area contributed by atoms with Crippen LogP contribution < -0.4 is 5.32 Å². The van der Waals surface area contributed by atoms with Gasteiger partial charge in [-0.3, -0.25) is 9.59 Å². The van der Waals surface area contributed by atoms with Crippen molar-refractivity contribution in [2.45, 2.75) is 40.0 Å². The number of hydrogen-bond donors (Lipinski definition) is 1. The molecule has 5 nitrogen and oxygen atoms in total. The molecule has 0 atom stereocenters. The number of anilines is 1. The van der Waals surface area contributed by atoms with Crippen molar-refractivity contribution in [1.29, 1.82) is 0 Å². The van der Waals surface area contributed by atoms with E-state index in [2.05, 4.69) is 31.0 Å². The van der Waals surface area contributed by atoms with Gasteiger partial charge < -0.3 is 15.1 Å². The number of likely N-dealkylation sites (N-methyl/N-ethyl adjacent to an activating group) is 1. The second kappa shape index (κ2) is 8.83. The highest BCUT2D eigenvalue weighted by atomic mass is 16.2. The molecule has 1 fully saturated rings. The van der Waals surface area contributed by atoms with Crippen LogP contribution in [0, 0.1) is 0 Å². The van der Waals surface area contributed by atoms with Gasteiger partial charge in [0.2, 0.25) is 11.8 Å². The van der Waals surface area contributed by atoms with E-state index >= 15 is 0 Å². The van der Waals surface area contributed by atoms with Crippen molar-refractivity contribution in [3.63, 3.8) is 0 Å². The van der Waals surface area contributed by atoms with E-state index in [0.29, 0.717) is 13.1 Å². The third-order valence-electron chi connectivity index (χ3n) is 4.75. The molecule has 1 N–H and O–H groups in total. The van der Waals surface area contributed by atoms with Gasteiger partial charge in [-0.15, -0.1) is 0 Å². The fourth-order valence-corrected chi connectivity index (χ4v) is 3.15. The molecule has 0 unspecified atom stereocenters. The first-order chi connectivity index (χ1) is 11.6. The Kier molecular flexibility index (Phi) is 6.79. The Morgan fingerprint density at radius 3 is 2.08 bits per heavy atom. The molecule has 5 heteroatoms. The van der Waals surface area contributed by atoms with Gasteiger partial charge >= 0.3 is 0 Å². The van der Waals surface area contributed by atoms with E-state index < -0.39 is 0 Å². The van der Waals surface area contributed by atoms with Gasteiger partial charge in [-0.25, -0.2) is 0 Å². The summed E-state index contributed by atoms with van der Waals surface area (Å²) in [6.07, 6.45) is 1.64. The van der Waals surface area contributed by atoms with E-state index in [1.54, 1.807) is 4.90 Å². The van der Waals surface area contributed by atoms with Crippen LogP contribution in [-0.4, -0.2) is 54.3 Å². The van der Waals surface area contributed by atoms with Crippen LogP contribution in [0.15, 0.2) is 18.2 Å². The average molecular weight is 331 g/mol. The molecular formula is C19H29N3O2. The van der Waals surface area contributed by atoms with Gasteiger partial charge in [-0.1, -0.05) is 39.0 Å². The summed E-state index contributed by atoms with van der Waals surface area (Å²) < 4.78 is 0. The molecule has 0 bridgehead atoms. The van der Waals surface area contributed by atoms with E-state index in [9.17, 15) is 9.59 Å². The number of rotatable bonds is 6. The van der Waals surface area contributed by atoms with Crippen LogP contribution in [0.3, 0.4) is 0 Å². The lowest BCUT2D eigenvalue weighted by molar-refractivity contribution is -0.136. The third-order valence-corrected chi connectivity index (χ3v) is 4.75. The van der Waals surface area contributed by atoms with Crippen LogP contribution in [0.25, 0.3) is 0 Å².